The summed E-state index contributed by atoms with van der Waals surface area (Å²) in [5.41, 5.74) is 0. The summed E-state index contributed by atoms with van der Waals surface area (Å²) in [6, 6.07) is 8.95. The summed E-state index contributed by atoms with van der Waals surface area (Å²) in [6.45, 7) is 4.65. The van der Waals surface area contributed by atoms with Crippen LogP contribution in [0, 0.1) is 0 Å². The van der Waals surface area contributed by atoms with Crippen LogP contribution in [-0.2, 0) is 9.47 Å². The summed E-state index contributed by atoms with van der Waals surface area (Å²) in [4.78, 5) is 1.29. The van der Waals surface area contributed by atoms with Crippen molar-refractivity contribution in [2.45, 2.75) is 48.2 Å². The van der Waals surface area contributed by atoms with Crippen molar-refractivity contribution in [3.05, 3.63) is 28.7 Å². The Bertz CT molecular complexity index is 479. The maximum atomic E-state index is 5.93. The number of hydrogen-bond donors (Lipinski definition) is 1. The first-order chi connectivity index (χ1) is 10.2. The zero-order chi connectivity index (χ0) is 14.7. The van der Waals surface area contributed by atoms with Gasteiger partial charge in [-0.3, -0.25) is 0 Å². The first kappa shape index (κ1) is 15.8. The van der Waals surface area contributed by atoms with Gasteiger partial charge in [0, 0.05) is 33.5 Å². The van der Waals surface area contributed by atoms with Gasteiger partial charge in [-0.05, 0) is 41.0 Å². The summed E-state index contributed by atoms with van der Waals surface area (Å²) in [6.07, 6.45) is 3.06. The predicted molar refractivity (Wildman–Crippen MR) is 89.7 cm³/mol. The molecule has 0 bridgehead atoms. The molecule has 5 heteroatoms. The zero-order valence-corrected chi connectivity index (χ0v) is 14.7. The Hall–Kier alpha value is -0.0700. The monoisotopic (exact) mass is 371 g/mol. The van der Waals surface area contributed by atoms with Crippen molar-refractivity contribution >= 4 is 27.7 Å². The summed E-state index contributed by atoms with van der Waals surface area (Å²) >= 11 is 5.58. The summed E-state index contributed by atoms with van der Waals surface area (Å²) < 4.78 is 13.0. The van der Waals surface area contributed by atoms with Crippen molar-refractivity contribution in [3.63, 3.8) is 0 Å². The molecule has 2 atom stereocenters. The first-order valence-electron chi connectivity index (χ1n) is 7.65. The van der Waals surface area contributed by atoms with Gasteiger partial charge in [-0.25, -0.2) is 0 Å². The highest BCUT2D eigenvalue weighted by Crippen LogP contribution is 2.43. The van der Waals surface area contributed by atoms with Crippen molar-refractivity contribution in [2.75, 3.05) is 19.8 Å². The molecule has 0 aromatic heterocycles. The van der Waals surface area contributed by atoms with Crippen LogP contribution in [-0.4, -0.2) is 36.8 Å². The number of benzene rings is 1. The van der Waals surface area contributed by atoms with Crippen LogP contribution < -0.4 is 5.32 Å². The molecule has 1 N–H and O–H groups in total. The fourth-order valence-electron chi connectivity index (χ4n) is 3.19. The van der Waals surface area contributed by atoms with Crippen LogP contribution in [0.1, 0.15) is 26.2 Å². The fraction of sp³-hybridized carbons (Fsp3) is 0.625. The molecule has 2 aliphatic rings. The summed E-state index contributed by atoms with van der Waals surface area (Å²) in [5.74, 6) is -0.329. The highest BCUT2D eigenvalue weighted by molar-refractivity contribution is 9.10. The van der Waals surface area contributed by atoms with Gasteiger partial charge in [0.2, 0.25) is 0 Å². The van der Waals surface area contributed by atoms with Crippen LogP contribution in [0.15, 0.2) is 33.6 Å². The van der Waals surface area contributed by atoms with Gasteiger partial charge in [0.25, 0.3) is 0 Å². The number of rotatable bonds is 4. The van der Waals surface area contributed by atoms with E-state index >= 15 is 0 Å². The third-order valence-corrected chi connectivity index (χ3v) is 6.55. The lowest BCUT2D eigenvalue weighted by molar-refractivity contribution is -0.178. The lowest BCUT2D eigenvalue weighted by Gasteiger charge is -2.41. The molecule has 1 aliphatic carbocycles. The minimum absolute atomic E-state index is 0.329. The fourth-order valence-corrected chi connectivity index (χ4v) is 5.16. The Morgan fingerprint density at radius 2 is 2.10 bits per heavy atom. The third-order valence-electron chi connectivity index (χ3n) is 4.19. The van der Waals surface area contributed by atoms with E-state index in [-0.39, 0.29) is 5.79 Å². The number of halogens is 1. The Morgan fingerprint density at radius 1 is 1.33 bits per heavy atom. The van der Waals surface area contributed by atoms with Crippen LogP contribution in [0.25, 0.3) is 0 Å². The summed E-state index contributed by atoms with van der Waals surface area (Å²) in [5, 5.41) is 4.10. The van der Waals surface area contributed by atoms with Crippen molar-refractivity contribution in [2.24, 2.45) is 0 Å². The lowest BCUT2D eigenvalue weighted by atomic mass is 9.89. The number of nitrogens with one attached hydrogen (secondary N) is 1. The predicted octanol–water partition coefficient (Wildman–Crippen LogP) is 3.81. The molecule has 1 aromatic rings. The van der Waals surface area contributed by atoms with Crippen LogP contribution in [0.5, 0.6) is 0 Å². The lowest BCUT2D eigenvalue weighted by Crippen LogP contribution is -2.49. The molecule has 3 rings (SSSR count). The second kappa shape index (κ2) is 7.01. The SMILES string of the molecule is CCNC1CCC2(CC1Sc1ccccc1Br)OCCO2. The maximum absolute atomic E-state index is 5.93. The molecule has 2 fully saturated rings. The van der Waals surface area contributed by atoms with Crippen LogP contribution in [0.2, 0.25) is 0 Å². The highest BCUT2D eigenvalue weighted by Gasteiger charge is 2.45. The second-order valence-electron chi connectivity index (χ2n) is 5.60. The molecule has 0 radical (unpaired) electrons. The van der Waals surface area contributed by atoms with E-state index in [4.69, 9.17) is 9.47 Å². The van der Waals surface area contributed by atoms with Gasteiger partial charge < -0.3 is 14.8 Å². The standard InChI is InChI=1S/C16H22BrNO2S/c1-2-18-13-7-8-16(19-9-10-20-16)11-15(13)21-14-6-4-3-5-12(14)17/h3-6,13,15,18H,2,7-11H2,1H3. The quantitative estimate of drug-likeness (QED) is 0.871. The van der Waals surface area contributed by atoms with E-state index in [0.717, 1.165) is 43.5 Å². The molecular weight excluding hydrogens is 350 g/mol. The van der Waals surface area contributed by atoms with Crippen molar-refractivity contribution in [3.8, 4) is 0 Å². The molecule has 1 saturated heterocycles. The Kier molecular flexibility index (Phi) is 5.27. The second-order valence-corrected chi connectivity index (χ2v) is 7.74. The smallest absolute Gasteiger partial charge is 0.169 e. The van der Waals surface area contributed by atoms with Gasteiger partial charge in [0.15, 0.2) is 5.79 Å². The molecule has 116 valence electrons. The van der Waals surface area contributed by atoms with Crippen molar-refractivity contribution < 1.29 is 9.47 Å². The molecule has 21 heavy (non-hydrogen) atoms. The molecule has 1 saturated carbocycles. The highest BCUT2D eigenvalue weighted by atomic mass is 79.9. The Balaban J connectivity index is 1.75. The Labute approximate surface area is 139 Å². The molecule has 1 heterocycles. The van der Waals surface area contributed by atoms with E-state index in [2.05, 4.69) is 52.4 Å². The maximum Gasteiger partial charge on any atom is 0.169 e. The van der Waals surface area contributed by atoms with E-state index in [0.29, 0.717) is 11.3 Å². The molecule has 0 amide bonds. The molecule has 1 aromatic carbocycles. The normalized spacial score (nSPS) is 28.1. The number of ether oxygens (including phenoxy) is 2. The minimum atomic E-state index is -0.329. The minimum Gasteiger partial charge on any atom is -0.347 e. The van der Waals surface area contributed by atoms with Crippen LogP contribution >= 0.6 is 27.7 Å². The largest absolute Gasteiger partial charge is 0.347 e. The van der Waals surface area contributed by atoms with Gasteiger partial charge in [-0.15, -0.1) is 11.8 Å². The number of hydrogen-bond acceptors (Lipinski definition) is 4. The topological polar surface area (TPSA) is 30.5 Å². The van der Waals surface area contributed by atoms with Gasteiger partial charge in [0.1, 0.15) is 0 Å². The van der Waals surface area contributed by atoms with Crippen LogP contribution in [0.3, 0.4) is 0 Å². The molecule has 3 nitrogen and oxygen atoms in total. The van der Waals surface area contributed by atoms with E-state index in [1.807, 2.05) is 11.8 Å². The van der Waals surface area contributed by atoms with E-state index in [9.17, 15) is 0 Å². The number of thioether (sulfide) groups is 1. The molecule has 1 spiro atoms. The average Bonchev–Trinajstić information content (AvgIpc) is 2.93. The molecular formula is C16H22BrNO2S. The Morgan fingerprint density at radius 3 is 2.81 bits per heavy atom. The van der Waals surface area contributed by atoms with Gasteiger partial charge >= 0.3 is 0 Å². The van der Waals surface area contributed by atoms with Crippen molar-refractivity contribution in [1.82, 2.24) is 5.32 Å². The van der Waals surface area contributed by atoms with Gasteiger partial charge in [-0.2, -0.15) is 0 Å². The summed E-state index contributed by atoms with van der Waals surface area (Å²) in [7, 11) is 0. The van der Waals surface area contributed by atoms with Gasteiger partial charge in [-0.1, -0.05) is 19.1 Å². The average molecular weight is 372 g/mol. The third kappa shape index (κ3) is 3.64. The van der Waals surface area contributed by atoms with Crippen LogP contribution in [0.4, 0.5) is 0 Å². The van der Waals surface area contributed by atoms with Gasteiger partial charge in [0.05, 0.1) is 13.2 Å². The molecule has 1 aliphatic heterocycles. The van der Waals surface area contributed by atoms with E-state index in [1.54, 1.807) is 0 Å². The molecule has 2 unspecified atom stereocenters. The van der Waals surface area contributed by atoms with E-state index < -0.39 is 0 Å². The first-order valence-corrected chi connectivity index (χ1v) is 9.32. The van der Waals surface area contributed by atoms with E-state index in [1.165, 1.54) is 4.90 Å². The zero-order valence-electron chi connectivity index (χ0n) is 12.3. The van der Waals surface area contributed by atoms with Crippen molar-refractivity contribution in [1.29, 1.82) is 0 Å².